The summed E-state index contributed by atoms with van der Waals surface area (Å²) in [7, 11) is 0. The number of amides is 1. The molecule has 0 aliphatic heterocycles. The van der Waals surface area contributed by atoms with E-state index in [4.69, 9.17) is 5.11 Å². The lowest BCUT2D eigenvalue weighted by Gasteiger charge is -2.09. The molecule has 0 saturated carbocycles. The molecule has 1 amide bonds. The molecule has 2 N–H and O–H groups in total. The quantitative estimate of drug-likeness (QED) is 0.887. The van der Waals surface area contributed by atoms with Crippen molar-refractivity contribution in [3.05, 3.63) is 29.3 Å². The molecule has 7 heteroatoms. The number of carbonyl (C=O) groups is 2. The van der Waals surface area contributed by atoms with Gasteiger partial charge in [0.2, 0.25) is 5.91 Å². The summed E-state index contributed by atoms with van der Waals surface area (Å²) in [6, 6.07) is 4.12. The third-order valence-electron chi connectivity index (χ3n) is 2.39. The number of carbonyl (C=O) groups excluding carboxylic acids is 1. The molecule has 0 spiro atoms. The number of hydrogen-bond donors (Lipinski definition) is 2. The maximum absolute atomic E-state index is 11.9. The molecular weight excluding hydrogens is 263 g/mol. The van der Waals surface area contributed by atoms with Crippen molar-refractivity contribution in [1.29, 1.82) is 0 Å². The van der Waals surface area contributed by atoms with Crippen molar-refractivity contribution < 1.29 is 27.9 Å². The van der Waals surface area contributed by atoms with E-state index in [1.807, 2.05) is 0 Å². The summed E-state index contributed by atoms with van der Waals surface area (Å²) in [6.45, 7) is 1.58. The van der Waals surface area contributed by atoms with Gasteiger partial charge in [-0.1, -0.05) is 6.07 Å². The van der Waals surface area contributed by atoms with E-state index in [0.717, 1.165) is 0 Å². The average molecular weight is 275 g/mol. The molecule has 1 aromatic rings. The minimum Gasteiger partial charge on any atom is -0.478 e. The molecule has 1 aromatic carbocycles. The van der Waals surface area contributed by atoms with E-state index in [0.29, 0.717) is 5.56 Å². The van der Waals surface area contributed by atoms with Crippen LogP contribution in [0.5, 0.6) is 0 Å². The molecule has 4 nitrogen and oxygen atoms in total. The zero-order valence-corrected chi connectivity index (χ0v) is 10.0. The van der Waals surface area contributed by atoms with Crippen molar-refractivity contribution in [1.82, 2.24) is 0 Å². The number of aryl methyl sites for hydroxylation is 1. The van der Waals surface area contributed by atoms with E-state index in [1.165, 1.54) is 18.2 Å². The van der Waals surface area contributed by atoms with Gasteiger partial charge >= 0.3 is 12.1 Å². The fourth-order valence-electron chi connectivity index (χ4n) is 1.41. The molecule has 0 bridgehead atoms. The van der Waals surface area contributed by atoms with Crippen LogP contribution in [-0.2, 0) is 4.79 Å². The van der Waals surface area contributed by atoms with Crippen molar-refractivity contribution >= 4 is 17.6 Å². The second-order valence-corrected chi connectivity index (χ2v) is 4.00. The van der Waals surface area contributed by atoms with Crippen LogP contribution in [0.2, 0.25) is 0 Å². The molecule has 0 saturated heterocycles. The predicted octanol–water partition coefficient (Wildman–Crippen LogP) is 2.97. The van der Waals surface area contributed by atoms with Crippen molar-refractivity contribution in [2.75, 3.05) is 5.32 Å². The van der Waals surface area contributed by atoms with Gasteiger partial charge in [0.15, 0.2) is 0 Å². The molecule has 0 aliphatic carbocycles. The first kappa shape index (κ1) is 15.0. The van der Waals surface area contributed by atoms with E-state index in [2.05, 4.69) is 5.32 Å². The summed E-state index contributed by atoms with van der Waals surface area (Å²) in [6.07, 6.45) is -6.30. The molecule has 19 heavy (non-hydrogen) atoms. The first-order valence-corrected chi connectivity index (χ1v) is 5.39. The Labute approximate surface area is 107 Å². The number of carboxylic acid groups (broad SMARTS) is 1. The molecule has 0 aromatic heterocycles. The van der Waals surface area contributed by atoms with Crippen LogP contribution >= 0.6 is 0 Å². The van der Waals surface area contributed by atoms with Crippen molar-refractivity contribution in [2.24, 2.45) is 0 Å². The van der Waals surface area contributed by atoms with E-state index in [9.17, 15) is 22.8 Å². The Morgan fingerprint density at radius 1 is 1.32 bits per heavy atom. The van der Waals surface area contributed by atoms with Gasteiger partial charge in [-0.2, -0.15) is 13.2 Å². The molecule has 0 atom stereocenters. The monoisotopic (exact) mass is 275 g/mol. The van der Waals surface area contributed by atoms with Gasteiger partial charge in [-0.25, -0.2) is 4.79 Å². The summed E-state index contributed by atoms with van der Waals surface area (Å²) < 4.78 is 35.8. The van der Waals surface area contributed by atoms with E-state index in [1.54, 1.807) is 6.92 Å². The van der Waals surface area contributed by atoms with Crippen LogP contribution in [0.3, 0.4) is 0 Å². The zero-order valence-electron chi connectivity index (χ0n) is 10.0. The van der Waals surface area contributed by atoms with Gasteiger partial charge in [-0.05, 0) is 24.6 Å². The summed E-state index contributed by atoms with van der Waals surface area (Å²) >= 11 is 0. The number of benzene rings is 1. The number of aromatic carboxylic acids is 1. The Bertz CT molecular complexity index is 497. The van der Waals surface area contributed by atoms with Gasteiger partial charge < -0.3 is 10.4 Å². The Balaban J connectivity index is 2.70. The summed E-state index contributed by atoms with van der Waals surface area (Å²) in [4.78, 5) is 22.1. The SMILES string of the molecule is Cc1ccc(NC(=O)CCC(F)(F)F)cc1C(=O)O. The van der Waals surface area contributed by atoms with Crippen molar-refractivity contribution in [3.63, 3.8) is 0 Å². The number of hydrogen-bond acceptors (Lipinski definition) is 2. The fourth-order valence-corrected chi connectivity index (χ4v) is 1.41. The van der Waals surface area contributed by atoms with Gasteiger partial charge in [-0.15, -0.1) is 0 Å². The van der Waals surface area contributed by atoms with Crippen LogP contribution in [0.25, 0.3) is 0 Å². The lowest BCUT2D eigenvalue weighted by molar-refractivity contribution is -0.142. The van der Waals surface area contributed by atoms with Gasteiger partial charge in [0.25, 0.3) is 0 Å². The van der Waals surface area contributed by atoms with Crippen LogP contribution in [0.4, 0.5) is 18.9 Å². The van der Waals surface area contributed by atoms with Crippen LogP contribution < -0.4 is 5.32 Å². The molecule has 0 radical (unpaired) electrons. The minimum atomic E-state index is -4.39. The first-order chi connectivity index (χ1) is 8.69. The van der Waals surface area contributed by atoms with Crippen LogP contribution in [0.15, 0.2) is 18.2 Å². The highest BCUT2D eigenvalue weighted by Gasteiger charge is 2.27. The minimum absolute atomic E-state index is 0.00591. The Kier molecular flexibility index (Phi) is 4.52. The maximum atomic E-state index is 11.9. The highest BCUT2D eigenvalue weighted by Crippen LogP contribution is 2.22. The lowest BCUT2D eigenvalue weighted by Crippen LogP contribution is -2.16. The lowest BCUT2D eigenvalue weighted by atomic mass is 10.1. The highest BCUT2D eigenvalue weighted by atomic mass is 19.4. The van der Waals surface area contributed by atoms with E-state index < -0.39 is 30.9 Å². The van der Waals surface area contributed by atoms with Crippen molar-refractivity contribution in [3.8, 4) is 0 Å². The Hall–Kier alpha value is -2.05. The molecule has 0 fully saturated rings. The number of halogens is 3. The summed E-state index contributed by atoms with van der Waals surface area (Å²) in [5.74, 6) is -1.97. The number of carboxylic acids is 1. The number of rotatable bonds is 4. The second-order valence-electron chi connectivity index (χ2n) is 4.00. The first-order valence-electron chi connectivity index (χ1n) is 5.39. The van der Waals surface area contributed by atoms with Crippen molar-refractivity contribution in [2.45, 2.75) is 25.9 Å². The molecule has 0 heterocycles. The largest absolute Gasteiger partial charge is 0.478 e. The molecule has 104 valence electrons. The topological polar surface area (TPSA) is 66.4 Å². The zero-order chi connectivity index (χ0) is 14.6. The fraction of sp³-hybridized carbons (Fsp3) is 0.333. The van der Waals surface area contributed by atoms with E-state index >= 15 is 0 Å². The van der Waals surface area contributed by atoms with E-state index in [-0.39, 0.29) is 11.3 Å². The normalized spacial score (nSPS) is 11.2. The molecular formula is C12H12F3NO3. The number of alkyl halides is 3. The van der Waals surface area contributed by atoms with Crippen LogP contribution in [0.1, 0.15) is 28.8 Å². The maximum Gasteiger partial charge on any atom is 0.389 e. The molecule has 1 rings (SSSR count). The van der Waals surface area contributed by atoms with Crippen LogP contribution in [0, 0.1) is 6.92 Å². The number of anilines is 1. The van der Waals surface area contributed by atoms with Gasteiger partial charge in [0.05, 0.1) is 12.0 Å². The second kappa shape index (κ2) is 5.73. The summed E-state index contributed by atoms with van der Waals surface area (Å²) in [5, 5.41) is 11.1. The Morgan fingerprint density at radius 3 is 2.47 bits per heavy atom. The Morgan fingerprint density at radius 2 is 1.95 bits per heavy atom. The van der Waals surface area contributed by atoms with Gasteiger partial charge in [-0.3, -0.25) is 4.79 Å². The summed E-state index contributed by atoms with van der Waals surface area (Å²) in [5.41, 5.74) is 0.657. The van der Waals surface area contributed by atoms with Crippen LogP contribution in [-0.4, -0.2) is 23.2 Å². The third kappa shape index (κ3) is 4.99. The molecule has 0 unspecified atom stereocenters. The predicted molar refractivity (Wildman–Crippen MR) is 62.1 cm³/mol. The third-order valence-corrected chi connectivity index (χ3v) is 2.39. The average Bonchev–Trinajstić information content (AvgIpc) is 2.28. The smallest absolute Gasteiger partial charge is 0.389 e. The standard InChI is InChI=1S/C12H12F3NO3/c1-7-2-3-8(6-9(7)11(18)19)16-10(17)4-5-12(13,14)15/h2-3,6H,4-5H2,1H3,(H,16,17)(H,18,19). The highest BCUT2D eigenvalue weighted by molar-refractivity contribution is 5.94. The molecule has 0 aliphatic rings. The van der Waals surface area contributed by atoms with Gasteiger partial charge in [0.1, 0.15) is 0 Å². The van der Waals surface area contributed by atoms with Gasteiger partial charge in [0, 0.05) is 12.1 Å². The number of nitrogens with one attached hydrogen (secondary N) is 1.